The number of hydrazone groups is 1. The molecule has 31 heavy (non-hydrogen) atoms. The second-order valence-electron chi connectivity index (χ2n) is 6.20. The quantitative estimate of drug-likeness (QED) is 0.315. The lowest BCUT2D eigenvalue weighted by Gasteiger charge is -2.10. The van der Waals surface area contributed by atoms with Crippen LogP contribution in [0.25, 0.3) is 0 Å². The van der Waals surface area contributed by atoms with Gasteiger partial charge in [0.05, 0.1) is 11.9 Å². The average Bonchev–Trinajstić information content (AvgIpc) is 2.75. The molecular formula is C22H16Cl2FN3O3. The molecule has 2 amide bonds. The number of amides is 2. The topological polar surface area (TPSA) is 79.8 Å². The minimum absolute atomic E-state index is 0.105. The molecule has 0 saturated heterocycles. The molecule has 3 aromatic carbocycles. The van der Waals surface area contributed by atoms with E-state index in [-0.39, 0.29) is 12.3 Å². The van der Waals surface area contributed by atoms with Crippen LogP contribution in [0.2, 0.25) is 10.0 Å². The number of anilines is 1. The van der Waals surface area contributed by atoms with Crippen molar-refractivity contribution in [2.45, 2.75) is 6.61 Å². The molecule has 0 aliphatic carbocycles. The van der Waals surface area contributed by atoms with Gasteiger partial charge in [-0.25, -0.2) is 9.82 Å². The summed E-state index contributed by atoms with van der Waals surface area (Å²) in [6.45, 7) is 0.193. The van der Waals surface area contributed by atoms with Crippen LogP contribution in [0.3, 0.4) is 0 Å². The Morgan fingerprint density at radius 1 is 1.00 bits per heavy atom. The molecule has 0 radical (unpaired) electrons. The third kappa shape index (κ3) is 6.28. The molecular weight excluding hydrogens is 444 g/mol. The zero-order valence-electron chi connectivity index (χ0n) is 15.9. The molecule has 3 aromatic rings. The number of carbonyl (C=O) groups excluding carboxylic acids is 2. The fourth-order valence-corrected chi connectivity index (χ4v) is 2.93. The highest BCUT2D eigenvalue weighted by molar-refractivity contribution is 6.39. The highest BCUT2D eigenvalue weighted by Gasteiger charge is 2.14. The number of halogens is 3. The lowest BCUT2D eigenvalue weighted by Crippen LogP contribution is -2.32. The Balaban J connectivity index is 1.60. The van der Waals surface area contributed by atoms with Gasteiger partial charge in [-0.3, -0.25) is 9.59 Å². The third-order valence-electron chi connectivity index (χ3n) is 4.02. The molecule has 0 aliphatic rings. The van der Waals surface area contributed by atoms with Crippen molar-refractivity contribution in [1.29, 1.82) is 0 Å². The van der Waals surface area contributed by atoms with Crippen molar-refractivity contribution in [2.24, 2.45) is 5.10 Å². The van der Waals surface area contributed by atoms with Gasteiger partial charge in [-0.1, -0.05) is 53.5 Å². The smallest absolute Gasteiger partial charge is 0.329 e. The summed E-state index contributed by atoms with van der Waals surface area (Å²) in [6.07, 6.45) is 1.33. The summed E-state index contributed by atoms with van der Waals surface area (Å²) < 4.78 is 19.4. The van der Waals surface area contributed by atoms with Gasteiger partial charge in [-0.2, -0.15) is 5.10 Å². The van der Waals surface area contributed by atoms with E-state index in [1.165, 1.54) is 30.5 Å². The largest absolute Gasteiger partial charge is 0.488 e. The first-order valence-corrected chi connectivity index (χ1v) is 9.74. The van der Waals surface area contributed by atoms with Crippen LogP contribution in [0.5, 0.6) is 5.75 Å². The van der Waals surface area contributed by atoms with Gasteiger partial charge in [-0.05, 0) is 36.4 Å². The van der Waals surface area contributed by atoms with Crippen LogP contribution in [-0.4, -0.2) is 18.0 Å². The van der Waals surface area contributed by atoms with Crippen molar-refractivity contribution in [3.05, 3.63) is 93.7 Å². The Labute approximate surface area is 187 Å². The van der Waals surface area contributed by atoms with Crippen LogP contribution in [0.1, 0.15) is 11.1 Å². The summed E-state index contributed by atoms with van der Waals surface area (Å²) >= 11 is 12.0. The van der Waals surface area contributed by atoms with Crippen molar-refractivity contribution < 1.29 is 18.7 Å². The maximum atomic E-state index is 13.6. The minimum atomic E-state index is -1.05. The molecule has 0 saturated carbocycles. The zero-order chi connectivity index (χ0) is 22.2. The van der Waals surface area contributed by atoms with E-state index in [0.717, 1.165) is 5.56 Å². The van der Waals surface area contributed by atoms with E-state index in [2.05, 4.69) is 15.8 Å². The Hall–Kier alpha value is -3.42. The Bertz CT molecular complexity index is 1140. The first kappa shape index (κ1) is 22.3. The second-order valence-corrected chi connectivity index (χ2v) is 7.04. The number of para-hydroxylation sites is 2. The highest BCUT2D eigenvalue weighted by atomic mass is 35.5. The Morgan fingerprint density at radius 2 is 1.74 bits per heavy atom. The lowest BCUT2D eigenvalue weighted by molar-refractivity contribution is -0.136. The van der Waals surface area contributed by atoms with E-state index < -0.39 is 17.6 Å². The van der Waals surface area contributed by atoms with Gasteiger partial charge in [-0.15, -0.1) is 0 Å². The van der Waals surface area contributed by atoms with Crippen LogP contribution in [0, 0.1) is 5.82 Å². The van der Waals surface area contributed by atoms with Gasteiger partial charge in [0.15, 0.2) is 0 Å². The van der Waals surface area contributed by atoms with Gasteiger partial charge in [0, 0.05) is 21.2 Å². The number of carbonyl (C=O) groups is 2. The molecule has 0 spiro atoms. The van der Waals surface area contributed by atoms with Crippen molar-refractivity contribution in [3.63, 3.8) is 0 Å². The van der Waals surface area contributed by atoms with Gasteiger partial charge < -0.3 is 10.1 Å². The van der Waals surface area contributed by atoms with E-state index in [0.29, 0.717) is 21.4 Å². The molecule has 6 nitrogen and oxygen atoms in total. The minimum Gasteiger partial charge on any atom is -0.488 e. The number of nitrogens with one attached hydrogen (secondary N) is 2. The van der Waals surface area contributed by atoms with Crippen molar-refractivity contribution in [3.8, 4) is 5.75 Å². The molecule has 0 unspecified atom stereocenters. The number of nitrogens with zero attached hydrogens (tertiary/aromatic N) is 1. The maximum absolute atomic E-state index is 13.6. The zero-order valence-corrected chi connectivity index (χ0v) is 17.5. The second kappa shape index (κ2) is 10.6. The van der Waals surface area contributed by atoms with Crippen LogP contribution in [-0.2, 0) is 16.2 Å². The first-order chi connectivity index (χ1) is 14.9. The highest BCUT2D eigenvalue weighted by Crippen LogP contribution is 2.24. The van der Waals surface area contributed by atoms with Gasteiger partial charge in [0.1, 0.15) is 18.2 Å². The molecule has 0 aromatic heterocycles. The van der Waals surface area contributed by atoms with E-state index in [1.54, 1.807) is 42.5 Å². The lowest BCUT2D eigenvalue weighted by atomic mass is 10.2. The molecule has 0 aliphatic heterocycles. The summed E-state index contributed by atoms with van der Waals surface area (Å²) in [7, 11) is 0. The van der Waals surface area contributed by atoms with E-state index in [4.69, 9.17) is 27.9 Å². The van der Waals surface area contributed by atoms with Gasteiger partial charge >= 0.3 is 11.8 Å². The molecule has 0 heterocycles. The summed E-state index contributed by atoms with van der Waals surface area (Å²) in [4.78, 5) is 23.8. The molecule has 0 fully saturated rings. The molecule has 3 rings (SSSR count). The molecule has 9 heteroatoms. The first-order valence-electron chi connectivity index (χ1n) is 8.98. The predicted molar refractivity (Wildman–Crippen MR) is 118 cm³/mol. The average molecular weight is 460 g/mol. The standard InChI is InChI=1S/C22H16Cl2FN3O3/c23-16-10-9-15(17(24)11-16)13-31-20-8-4-1-5-14(20)12-26-28-22(30)21(29)27-19-7-3-2-6-18(19)25/h1-12H,13H2,(H,27,29)(H,28,30)/b26-12-. The number of benzene rings is 3. The number of hydrogen-bond donors (Lipinski definition) is 2. The summed E-state index contributed by atoms with van der Waals surface area (Å²) in [5.41, 5.74) is 3.29. The third-order valence-corrected chi connectivity index (χ3v) is 4.60. The molecule has 2 N–H and O–H groups in total. The van der Waals surface area contributed by atoms with Crippen LogP contribution < -0.4 is 15.5 Å². The van der Waals surface area contributed by atoms with Crippen molar-refractivity contribution in [2.75, 3.05) is 5.32 Å². The van der Waals surface area contributed by atoms with E-state index in [1.807, 2.05) is 0 Å². The van der Waals surface area contributed by atoms with Crippen molar-refractivity contribution >= 4 is 46.9 Å². The van der Waals surface area contributed by atoms with Crippen LogP contribution in [0.15, 0.2) is 71.8 Å². The molecule has 158 valence electrons. The maximum Gasteiger partial charge on any atom is 0.329 e. The van der Waals surface area contributed by atoms with Crippen molar-refractivity contribution in [1.82, 2.24) is 5.43 Å². The number of hydrogen-bond acceptors (Lipinski definition) is 4. The predicted octanol–water partition coefficient (Wildman–Crippen LogP) is 4.80. The number of ether oxygens (including phenoxy) is 1. The number of rotatable bonds is 6. The normalized spacial score (nSPS) is 10.7. The van der Waals surface area contributed by atoms with Crippen LogP contribution in [0.4, 0.5) is 10.1 Å². The Kier molecular flexibility index (Phi) is 7.59. The summed E-state index contributed by atoms with van der Waals surface area (Å²) in [5.74, 6) is -2.27. The fourth-order valence-electron chi connectivity index (χ4n) is 2.47. The SMILES string of the molecule is O=C(N/N=C\c1ccccc1OCc1ccc(Cl)cc1Cl)C(=O)Nc1ccccc1F. The Morgan fingerprint density at radius 3 is 2.52 bits per heavy atom. The van der Waals surface area contributed by atoms with Gasteiger partial charge in [0.25, 0.3) is 0 Å². The molecule has 0 bridgehead atoms. The van der Waals surface area contributed by atoms with Crippen LogP contribution >= 0.6 is 23.2 Å². The van der Waals surface area contributed by atoms with E-state index >= 15 is 0 Å². The monoisotopic (exact) mass is 459 g/mol. The molecule has 0 atom stereocenters. The van der Waals surface area contributed by atoms with Gasteiger partial charge in [0.2, 0.25) is 0 Å². The fraction of sp³-hybridized carbons (Fsp3) is 0.0455. The summed E-state index contributed by atoms with van der Waals surface area (Å²) in [5, 5.41) is 6.94. The van der Waals surface area contributed by atoms with E-state index in [9.17, 15) is 14.0 Å². The summed E-state index contributed by atoms with van der Waals surface area (Å²) in [6, 6.07) is 17.6.